The van der Waals surface area contributed by atoms with Gasteiger partial charge in [-0.25, -0.2) is 14.0 Å². The standard InChI is InChI=1S/C25H25BrFNO5/c1-4-32-24(29)20-14-28(13-16-6-9-18(27)10-7-16)15-21(25(30)33-5-2)23(20)19-12-17(26)8-11-22(19)31-3/h6-12,14-15,23H,4-5,13H2,1-3H3. The van der Waals surface area contributed by atoms with Crippen LogP contribution in [0.3, 0.4) is 0 Å². The van der Waals surface area contributed by atoms with Crippen LogP contribution in [0.25, 0.3) is 0 Å². The molecule has 0 bridgehead atoms. The summed E-state index contributed by atoms with van der Waals surface area (Å²) in [6.07, 6.45) is 3.30. The molecule has 174 valence electrons. The van der Waals surface area contributed by atoms with Crippen LogP contribution < -0.4 is 4.74 Å². The molecule has 1 heterocycles. The molecule has 0 saturated heterocycles. The maximum atomic E-state index is 13.3. The van der Waals surface area contributed by atoms with Crippen molar-refractivity contribution in [2.24, 2.45) is 0 Å². The van der Waals surface area contributed by atoms with Crippen molar-refractivity contribution in [3.8, 4) is 5.75 Å². The van der Waals surface area contributed by atoms with Crippen molar-refractivity contribution in [1.29, 1.82) is 0 Å². The third-order valence-electron chi connectivity index (χ3n) is 5.04. The Bertz CT molecular complexity index is 1040. The van der Waals surface area contributed by atoms with Crippen molar-refractivity contribution in [1.82, 2.24) is 4.90 Å². The summed E-state index contributed by atoms with van der Waals surface area (Å²) in [6.45, 7) is 4.10. The highest BCUT2D eigenvalue weighted by molar-refractivity contribution is 9.10. The lowest BCUT2D eigenvalue weighted by molar-refractivity contribution is -0.139. The SMILES string of the molecule is CCOC(=O)C1=CN(Cc2ccc(F)cc2)C=C(C(=O)OCC)C1c1cc(Br)ccc1OC. The number of halogens is 2. The molecule has 0 aromatic heterocycles. The van der Waals surface area contributed by atoms with E-state index in [4.69, 9.17) is 14.2 Å². The first-order chi connectivity index (χ1) is 15.9. The molecule has 33 heavy (non-hydrogen) atoms. The molecule has 6 nitrogen and oxygen atoms in total. The Morgan fingerprint density at radius 3 is 2.06 bits per heavy atom. The summed E-state index contributed by atoms with van der Waals surface area (Å²) in [5, 5.41) is 0. The predicted octanol–water partition coefficient (Wildman–Crippen LogP) is 5.09. The third kappa shape index (κ3) is 5.82. The summed E-state index contributed by atoms with van der Waals surface area (Å²) < 4.78 is 30.3. The van der Waals surface area contributed by atoms with Gasteiger partial charge >= 0.3 is 11.9 Å². The van der Waals surface area contributed by atoms with E-state index < -0.39 is 17.9 Å². The van der Waals surface area contributed by atoms with Crippen molar-refractivity contribution >= 4 is 27.9 Å². The molecule has 3 rings (SSSR count). The van der Waals surface area contributed by atoms with Gasteiger partial charge in [0.05, 0.1) is 37.4 Å². The maximum absolute atomic E-state index is 13.3. The molecule has 0 atom stereocenters. The molecule has 0 unspecified atom stereocenters. The fourth-order valence-electron chi connectivity index (χ4n) is 3.64. The number of esters is 2. The van der Waals surface area contributed by atoms with E-state index in [0.29, 0.717) is 17.9 Å². The molecular weight excluding hydrogens is 493 g/mol. The molecule has 0 radical (unpaired) electrons. The fourth-order valence-corrected chi connectivity index (χ4v) is 4.02. The van der Waals surface area contributed by atoms with Crippen LogP contribution >= 0.6 is 15.9 Å². The van der Waals surface area contributed by atoms with E-state index >= 15 is 0 Å². The summed E-state index contributed by atoms with van der Waals surface area (Å²) in [7, 11) is 1.53. The summed E-state index contributed by atoms with van der Waals surface area (Å²) in [5.41, 5.74) is 1.95. The zero-order chi connectivity index (χ0) is 24.0. The van der Waals surface area contributed by atoms with Gasteiger partial charge in [-0.15, -0.1) is 0 Å². The van der Waals surface area contributed by atoms with E-state index in [9.17, 15) is 14.0 Å². The first-order valence-electron chi connectivity index (χ1n) is 10.5. The van der Waals surface area contributed by atoms with Gasteiger partial charge < -0.3 is 19.1 Å². The van der Waals surface area contributed by atoms with E-state index in [1.165, 1.54) is 19.2 Å². The van der Waals surface area contributed by atoms with Gasteiger partial charge in [-0.3, -0.25) is 0 Å². The van der Waals surface area contributed by atoms with Crippen molar-refractivity contribution in [2.75, 3.05) is 20.3 Å². The molecule has 0 spiro atoms. The lowest BCUT2D eigenvalue weighted by Gasteiger charge is -2.31. The van der Waals surface area contributed by atoms with Gasteiger partial charge in [-0.2, -0.15) is 0 Å². The Morgan fingerprint density at radius 1 is 0.970 bits per heavy atom. The average molecular weight is 518 g/mol. The lowest BCUT2D eigenvalue weighted by atomic mass is 9.82. The van der Waals surface area contributed by atoms with Gasteiger partial charge in [0.15, 0.2) is 0 Å². The maximum Gasteiger partial charge on any atom is 0.336 e. The van der Waals surface area contributed by atoms with Crippen molar-refractivity contribution < 1.29 is 28.2 Å². The Kier molecular flexibility index (Phi) is 8.27. The zero-order valence-electron chi connectivity index (χ0n) is 18.6. The quantitative estimate of drug-likeness (QED) is 0.454. The minimum Gasteiger partial charge on any atom is -0.496 e. The molecule has 0 N–H and O–H groups in total. The first-order valence-corrected chi connectivity index (χ1v) is 11.3. The molecule has 2 aromatic rings. The highest BCUT2D eigenvalue weighted by Gasteiger charge is 2.37. The minimum absolute atomic E-state index is 0.176. The van der Waals surface area contributed by atoms with Crippen molar-refractivity contribution in [3.63, 3.8) is 0 Å². The van der Waals surface area contributed by atoms with Crippen LogP contribution in [0.15, 0.2) is 70.5 Å². The van der Waals surface area contributed by atoms with E-state index in [1.54, 1.807) is 55.4 Å². The average Bonchev–Trinajstić information content (AvgIpc) is 2.80. The van der Waals surface area contributed by atoms with Crippen molar-refractivity contribution in [3.05, 3.63) is 87.4 Å². The third-order valence-corrected chi connectivity index (χ3v) is 5.53. The van der Waals surface area contributed by atoms with Crippen LogP contribution in [0.2, 0.25) is 0 Å². The minimum atomic E-state index is -0.764. The highest BCUT2D eigenvalue weighted by atomic mass is 79.9. The number of nitrogens with zero attached hydrogens (tertiary/aromatic N) is 1. The summed E-state index contributed by atoms with van der Waals surface area (Å²) >= 11 is 3.46. The predicted molar refractivity (Wildman–Crippen MR) is 125 cm³/mol. The topological polar surface area (TPSA) is 65.1 Å². The largest absolute Gasteiger partial charge is 0.496 e. The second-order valence-corrected chi connectivity index (χ2v) is 8.14. The van der Waals surface area contributed by atoms with Crippen LogP contribution in [0, 0.1) is 5.82 Å². The Hall–Kier alpha value is -3.13. The Morgan fingerprint density at radius 2 is 1.55 bits per heavy atom. The van der Waals surface area contributed by atoms with E-state index in [2.05, 4.69) is 15.9 Å². The molecule has 0 amide bonds. The molecule has 1 aliphatic rings. The van der Waals surface area contributed by atoms with Gasteiger partial charge in [0, 0.05) is 29.0 Å². The van der Waals surface area contributed by atoms with Crippen LogP contribution in [0.1, 0.15) is 30.9 Å². The number of rotatable bonds is 8. The van der Waals surface area contributed by atoms with E-state index in [1.807, 2.05) is 6.07 Å². The summed E-state index contributed by atoms with van der Waals surface area (Å²) in [4.78, 5) is 27.8. The second-order valence-electron chi connectivity index (χ2n) is 7.23. The molecule has 1 aliphatic heterocycles. The van der Waals surface area contributed by atoms with Gasteiger partial charge in [0.1, 0.15) is 11.6 Å². The molecule has 0 saturated carbocycles. The van der Waals surface area contributed by atoms with E-state index in [-0.39, 0.29) is 30.2 Å². The van der Waals surface area contributed by atoms with Crippen molar-refractivity contribution in [2.45, 2.75) is 26.3 Å². The van der Waals surface area contributed by atoms with Crippen LogP contribution in [0.5, 0.6) is 5.75 Å². The number of carbonyl (C=O) groups excluding carboxylic acids is 2. The van der Waals surface area contributed by atoms with Crippen LogP contribution in [-0.2, 0) is 25.6 Å². The van der Waals surface area contributed by atoms with Gasteiger partial charge in [-0.1, -0.05) is 28.1 Å². The Balaban J connectivity index is 2.14. The number of hydrogen-bond donors (Lipinski definition) is 0. The monoisotopic (exact) mass is 517 g/mol. The number of hydrogen-bond acceptors (Lipinski definition) is 6. The summed E-state index contributed by atoms with van der Waals surface area (Å²) in [5.74, 6) is -1.70. The lowest BCUT2D eigenvalue weighted by Crippen LogP contribution is -2.29. The van der Waals surface area contributed by atoms with Gasteiger partial charge in [-0.05, 0) is 49.7 Å². The zero-order valence-corrected chi connectivity index (χ0v) is 20.2. The first kappa shape index (κ1) is 24.5. The van der Waals surface area contributed by atoms with Crippen LogP contribution in [-0.4, -0.2) is 37.2 Å². The molecule has 2 aromatic carbocycles. The Labute approximate surface area is 200 Å². The van der Waals surface area contributed by atoms with Crippen LogP contribution in [0.4, 0.5) is 4.39 Å². The smallest absolute Gasteiger partial charge is 0.336 e. The van der Waals surface area contributed by atoms with Gasteiger partial charge in [0.25, 0.3) is 0 Å². The molecule has 8 heteroatoms. The second kappa shape index (κ2) is 11.1. The fraction of sp³-hybridized carbons (Fsp3) is 0.280. The number of benzene rings is 2. The number of methoxy groups -OCH3 is 1. The summed E-state index contributed by atoms with van der Waals surface area (Å²) in [6, 6.07) is 11.4. The highest BCUT2D eigenvalue weighted by Crippen LogP contribution is 2.42. The molecule has 0 aliphatic carbocycles. The normalized spacial score (nSPS) is 13.8. The van der Waals surface area contributed by atoms with Gasteiger partial charge in [0.2, 0.25) is 0 Å². The molecular formula is C25H25BrFNO5. The number of carbonyl (C=O) groups is 2. The molecule has 0 fully saturated rings. The number of ether oxygens (including phenoxy) is 3. The van der Waals surface area contributed by atoms with E-state index in [0.717, 1.165) is 10.0 Å².